The summed E-state index contributed by atoms with van der Waals surface area (Å²) < 4.78 is 0. The summed E-state index contributed by atoms with van der Waals surface area (Å²) >= 11 is 6.08. The van der Waals surface area contributed by atoms with E-state index in [0.29, 0.717) is 22.8 Å². The second-order valence-electron chi connectivity index (χ2n) is 6.20. The van der Waals surface area contributed by atoms with Crippen molar-refractivity contribution >= 4 is 34.8 Å². The molecule has 6 heteroatoms. The van der Waals surface area contributed by atoms with Crippen molar-refractivity contribution in [2.75, 3.05) is 16.8 Å². The first-order valence-electron chi connectivity index (χ1n) is 8.55. The Morgan fingerprint density at radius 2 is 1.81 bits per heavy atom. The summed E-state index contributed by atoms with van der Waals surface area (Å²) in [6.07, 6.45) is 2.30. The van der Waals surface area contributed by atoms with E-state index in [1.54, 1.807) is 35.2 Å². The van der Waals surface area contributed by atoms with Crippen LogP contribution in [0.15, 0.2) is 66.9 Å². The first kappa shape index (κ1) is 17.2. The lowest BCUT2D eigenvalue weighted by atomic mass is 10.1. The van der Waals surface area contributed by atoms with Crippen LogP contribution in [0.2, 0.25) is 5.02 Å². The summed E-state index contributed by atoms with van der Waals surface area (Å²) in [6.45, 7) is 0.627. The van der Waals surface area contributed by atoms with Gasteiger partial charge >= 0.3 is 0 Å². The quantitative estimate of drug-likeness (QED) is 0.744. The lowest BCUT2D eigenvalue weighted by Gasteiger charge is -2.17. The van der Waals surface area contributed by atoms with Crippen molar-refractivity contribution in [1.29, 1.82) is 0 Å². The number of nitrogens with zero attached hydrogens (tertiary/aromatic N) is 2. The number of nitrogens with one attached hydrogen (secondary N) is 1. The molecule has 0 fully saturated rings. The summed E-state index contributed by atoms with van der Waals surface area (Å²) in [6, 6.07) is 17.9. The highest BCUT2D eigenvalue weighted by molar-refractivity contribution is 6.33. The van der Waals surface area contributed by atoms with Crippen LogP contribution in [-0.4, -0.2) is 23.3 Å². The van der Waals surface area contributed by atoms with Gasteiger partial charge in [0.05, 0.1) is 10.7 Å². The van der Waals surface area contributed by atoms with Gasteiger partial charge in [-0.3, -0.25) is 14.6 Å². The predicted octanol–water partition coefficient (Wildman–Crippen LogP) is 4.19. The highest BCUT2D eigenvalue weighted by Gasteiger charge is 2.25. The molecule has 0 bridgehead atoms. The van der Waals surface area contributed by atoms with Crippen LogP contribution in [0.5, 0.6) is 0 Å². The Hall–Kier alpha value is -3.18. The van der Waals surface area contributed by atoms with E-state index in [0.717, 1.165) is 17.7 Å². The van der Waals surface area contributed by atoms with Gasteiger partial charge in [-0.05, 0) is 42.3 Å². The van der Waals surface area contributed by atoms with Crippen molar-refractivity contribution in [2.24, 2.45) is 0 Å². The summed E-state index contributed by atoms with van der Waals surface area (Å²) in [7, 11) is 0. The van der Waals surface area contributed by atoms with E-state index >= 15 is 0 Å². The van der Waals surface area contributed by atoms with Crippen molar-refractivity contribution < 1.29 is 9.59 Å². The van der Waals surface area contributed by atoms with Crippen LogP contribution >= 0.6 is 11.6 Å². The molecular weight excluding hydrogens is 362 g/mol. The monoisotopic (exact) mass is 377 g/mol. The second kappa shape index (κ2) is 7.21. The molecule has 3 aromatic rings. The van der Waals surface area contributed by atoms with E-state index in [1.165, 1.54) is 12.3 Å². The van der Waals surface area contributed by atoms with Crippen molar-refractivity contribution in [3.8, 4) is 0 Å². The molecule has 0 saturated carbocycles. The smallest absolute Gasteiger partial charge is 0.274 e. The van der Waals surface area contributed by atoms with Gasteiger partial charge in [-0.25, -0.2) is 0 Å². The number of amides is 2. The van der Waals surface area contributed by atoms with Crippen LogP contribution in [0.1, 0.15) is 26.4 Å². The fraction of sp³-hybridized carbons (Fsp3) is 0.0952. The topological polar surface area (TPSA) is 62.3 Å². The Kier molecular flexibility index (Phi) is 4.60. The maximum absolute atomic E-state index is 12.9. The number of aromatic nitrogens is 1. The lowest BCUT2D eigenvalue weighted by molar-refractivity contribution is 0.0989. The van der Waals surface area contributed by atoms with E-state index in [9.17, 15) is 9.59 Å². The third-order valence-corrected chi connectivity index (χ3v) is 4.82. The zero-order valence-corrected chi connectivity index (χ0v) is 15.1. The minimum Gasteiger partial charge on any atom is -0.319 e. The summed E-state index contributed by atoms with van der Waals surface area (Å²) in [5.41, 5.74) is 3.15. The SMILES string of the molecule is O=C(Nc1ccccc1Cl)c1cc(C(=O)N2CCc3ccccc32)ccn1. The van der Waals surface area contributed by atoms with E-state index < -0.39 is 5.91 Å². The molecule has 1 N–H and O–H groups in total. The molecule has 0 saturated heterocycles. The Morgan fingerprint density at radius 3 is 2.67 bits per heavy atom. The van der Waals surface area contributed by atoms with Gasteiger partial charge < -0.3 is 10.2 Å². The number of halogens is 1. The van der Waals surface area contributed by atoms with Crippen molar-refractivity contribution in [2.45, 2.75) is 6.42 Å². The van der Waals surface area contributed by atoms with E-state index in [-0.39, 0.29) is 11.6 Å². The maximum atomic E-state index is 12.9. The van der Waals surface area contributed by atoms with Crippen LogP contribution < -0.4 is 10.2 Å². The molecule has 1 aliphatic heterocycles. The van der Waals surface area contributed by atoms with Crippen LogP contribution in [0.4, 0.5) is 11.4 Å². The third-order valence-electron chi connectivity index (χ3n) is 4.49. The van der Waals surface area contributed by atoms with Crippen molar-refractivity contribution in [3.05, 3.63) is 88.7 Å². The second-order valence-corrected chi connectivity index (χ2v) is 6.61. The molecule has 0 radical (unpaired) electrons. The molecule has 1 aliphatic rings. The fourth-order valence-electron chi connectivity index (χ4n) is 3.14. The number of rotatable bonds is 3. The first-order valence-corrected chi connectivity index (χ1v) is 8.93. The number of fused-ring (bicyclic) bond motifs is 1. The van der Waals surface area contributed by atoms with Gasteiger partial charge in [-0.15, -0.1) is 0 Å². The van der Waals surface area contributed by atoms with Gasteiger partial charge in [0.2, 0.25) is 0 Å². The number of hydrogen-bond donors (Lipinski definition) is 1. The maximum Gasteiger partial charge on any atom is 0.274 e. The molecule has 4 rings (SSSR count). The van der Waals surface area contributed by atoms with Gasteiger partial charge in [0.15, 0.2) is 0 Å². The standard InChI is InChI=1S/C21H16ClN3O2/c22-16-6-2-3-7-17(16)24-20(26)18-13-15(9-11-23-18)21(27)25-12-10-14-5-1-4-8-19(14)25/h1-9,11,13H,10,12H2,(H,24,26). The largest absolute Gasteiger partial charge is 0.319 e. The molecule has 2 heterocycles. The molecule has 27 heavy (non-hydrogen) atoms. The minimum absolute atomic E-state index is 0.144. The van der Waals surface area contributed by atoms with Crippen LogP contribution in [0, 0.1) is 0 Å². The zero-order valence-electron chi connectivity index (χ0n) is 14.4. The number of para-hydroxylation sites is 2. The first-order chi connectivity index (χ1) is 13.1. The van der Waals surface area contributed by atoms with Gasteiger partial charge in [-0.2, -0.15) is 0 Å². The molecule has 5 nitrogen and oxygen atoms in total. The molecule has 0 aliphatic carbocycles. The molecule has 2 amide bonds. The fourth-order valence-corrected chi connectivity index (χ4v) is 3.32. The van der Waals surface area contributed by atoms with Gasteiger partial charge in [0.1, 0.15) is 5.69 Å². The Balaban J connectivity index is 1.57. The summed E-state index contributed by atoms with van der Waals surface area (Å²) in [5, 5.41) is 3.16. The van der Waals surface area contributed by atoms with E-state index in [1.807, 2.05) is 24.3 Å². The summed E-state index contributed by atoms with van der Waals surface area (Å²) in [4.78, 5) is 31.3. The number of carbonyl (C=O) groups excluding carboxylic acids is 2. The number of hydrogen-bond acceptors (Lipinski definition) is 3. The van der Waals surface area contributed by atoms with Crippen molar-refractivity contribution in [1.82, 2.24) is 4.98 Å². The highest BCUT2D eigenvalue weighted by atomic mass is 35.5. The van der Waals surface area contributed by atoms with Gasteiger partial charge in [0.25, 0.3) is 11.8 Å². The third kappa shape index (κ3) is 3.41. The average Bonchev–Trinajstić information content (AvgIpc) is 3.13. The minimum atomic E-state index is -0.417. The van der Waals surface area contributed by atoms with Crippen LogP contribution in [0.3, 0.4) is 0 Å². The van der Waals surface area contributed by atoms with E-state index in [4.69, 9.17) is 11.6 Å². The Morgan fingerprint density at radius 1 is 1.04 bits per heavy atom. The zero-order chi connectivity index (χ0) is 18.8. The van der Waals surface area contributed by atoms with Crippen LogP contribution in [0.25, 0.3) is 0 Å². The molecule has 134 valence electrons. The molecule has 1 aromatic heterocycles. The number of anilines is 2. The van der Waals surface area contributed by atoms with Crippen molar-refractivity contribution in [3.63, 3.8) is 0 Å². The molecule has 0 unspecified atom stereocenters. The number of carbonyl (C=O) groups is 2. The van der Waals surface area contributed by atoms with Crippen LogP contribution in [-0.2, 0) is 6.42 Å². The molecule has 0 spiro atoms. The lowest BCUT2D eigenvalue weighted by Crippen LogP contribution is -2.29. The molecular formula is C21H16ClN3O2. The van der Waals surface area contributed by atoms with E-state index in [2.05, 4.69) is 10.3 Å². The summed E-state index contributed by atoms with van der Waals surface area (Å²) in [5.74, 6) is -0.561. The van der Waals surface area contributed by atoms with Gasteiger partial charge in [0, 0.05) is 24.0 Å². The van der Waals surface area contributed by atoms with Gasteiger partial charge in [-0.1, -0.05) is 41.9 Å². The molecule has 2 aromatic carbocycles. The highest BCUT2D eigenvalue weighted by Crippen LogP contribution is 2.29. The number of benzene rings is 2. The Labute approximate surface area is 161 Å². The molecule has 0 atom stereocenters. The Bertz CT molecular complexity index is 1040. The number of pyridine rings is 1. The normalized spacial score (nSPS) is 12.6. The average molecular weight is 378 g/mol. The predicted molar refractivity (Wildman–Crippen MR) is 105 cm³/mol.